The molecule has 1 aliphatic rings. The third-order valence-electron chi connectivity index (χ3n) is 4.89. The summed E-state index contributed by atoms with van der Waals surface area (Å²) in [7, 11) is 0. The van der Waals surface area contributed by atoms with Crippen LogP contribution in [0.1, 0.15) is 29.2 Å². The molecule has 3 rings (SSSR count). The zero-order valence-corrected chi connectivity index (χ0v) is 16.1. The van der Waals surface area contributed by atoms with Gasteiger partial charge in [-0.3, -0.25) is 0 Å². The molecule has 0 amide bonds. The Morgan fingerprint density at radius 2 is 1.88 bits per heavy atom. The minimum atomic E-state index is -0.551. The van der Waals surface area contributed by atoms with E-state index >= 15 is 0 Å². The zero-order valence-electron chi connectivity index (χ0n) is 14.5. The van der Waals surface area contributed by atoms with Gasteiger partial charge in [-0.2, -0.15) is 0 Å². The molecule has 0 saturated carbocycles. The lowest BCUT2D eigenvalue weighted by Crippen LogP contribution is -2.35. The number of allylic oxidation sites excluding steroid dienone is 5. The number of hydrogen-bond donors (Lipinski definition) is 0. The summed E-state index contributed by atoms with van der Waals surface area (Å²) < 4.78 is 0. The lowest BCUT2D eigenvalue weighted by atomic mass is 9.73. The largest absolute Gasteiger partial charge is 0.117 e. The van der Waals surface area contributed by atoms with Crippen LogP contribution >= 0.6 is 23.2 Å². The van der Waals surface area contributed by atoms with Crippen LogP contribution in [0.3, 0.4) is 0 Å². The van der Waals surface area contributed by atoms with Crippen molar-refractivity contribution >= 4 is 29.3 Å². The monoisotopic (exact) mass is 368 g/mol. The van der Waals surface area contributed by atoms with Crippen LogP contribution in [-0.4, -0.2) is 5.38 Å². The van der Waals surface area contributed by atoms with Crippen LogP contribution in [0.5, 0.6) is 0 Å². The fraction of sp³-hybridized carbons (Fsp3) is 0.217. The predicted octanol–water partition coefficient (Wildman–Crippen LogP) is 6.81. The topological polar surface area (TPSA) is 0 Å². The van der Waals surface area contributed by atoms with Crippen LogP contribution in [0, 0.1) is 6.92 Å². The van der Waals surface area contributed by atoms with Crippen molar-refractivity contribution in [2.75, 3.05) is 0 Å². The number of alkyl halides is 1. The summed E-state index contributed by atoms with van der Waals surface area (Å²) in [5, 5.41) is 0.502. The summed E-state index contributed by atoms with van der Waals surface area (Å²) >= 11 is 13.5. The smallest absolute Gasteiger partial charge is 0.0700 e. The number of aryl methyl sites for hydroxylation is 2. The highest BCUT2D eigenvalue weighted by Gasteiger charge is 2.40. The van der Waals surface area contributed by atoms with E-state index in [1.807, 2.05) is 36.4 Å². The van der Waals surface area contributed by atoms with Gasteiger partial charge in [0, 0.05) is 5.03 Å². The van der Waals surface area contributed by atoms with E-state index in [1.54, 1.807) is 0 Å². The van der Waals surface area contributed by atoms with E-state index in [1.165, 1.54) is 11.1 Å². The van der Waals surface area contributed by atoms with E-state index in [0.717, 1.165) is 22.6 Å². The van der Waals surface area contributed by atoms with Crippen molar-refractivity contribution in [3.05, 3.63) is 100 Å². The molecule has 2 unspecified atom stereocenters. The average Bonchev–Trinajstić information content (AvgIpc) is 2.62. The van der Waals surface area contributed by atoms with Gasteiger partial charge in [-0.25, -0.2) is 0 Å². The Balaban J connectivity index is 2.13. The minimum Gasteiger partial charge on any atom is -0.117 e. The molecular weight excluding hydrogens is 347 g/mol. The van der Waals surface area contributed by atoms with Crippen LogP contribution < -0.4 is 0 Å². The van der Waals surface area contributed by atoms with Gasteiger partial charge in [0.1, 0.15) is 0 Å². The molecule has 0 aromatic heterocycles. The van der Waals surface area contributed by atoms with Crippen molar-refractivity contribution in [2.45, 2.75) is 31.1 Å². The van der Waals surface area contributed by atoms with Crippen LogP contribution in [-0.2, 0) is 11.8 Å². The lowest BCUT2D eigenvalue weighted by Gasteiger charge is -2.36. The first-order valence-corrected chi connectivity index (χ1v) is 9.42. The first-order valence-electron chi connectivity index (χ1n) is 8.60. The maximum atomic E-state index is 6.80. The molecule has 0 bridgehead atoms. The van der Waals surface area contributed by atoms with Gasteiger partial charge in [-0.05, 0) is 41.7 Å². The fourth-order valence-electron chi connectivity index (χ4n) is 3.37. The molecule has 0 spiro atoms. The summed E-state index contributed by atoms with van der Waals surface area (Å²) in [5.74, 6) is 0. The summed E-state index contributed by atoms with van der Waals surface area (Å²) in [6, 6.07) is 16.8. The summed E-state index contributed by atoms with van der Waals surface area (Å²) in [4.78, 5) is 0. The fourth-order valence-corrected chi connectivity index (χ4v) is 4.18. The van der Waals surface area contributed by atoms with Gasteiger partial charge in [0.05, 0.1) is 10.8 Å². The summed E-state index contributed by atoms with van der Waals surface area (Å²) in [6.07, 6.45) is 11.1. The van der Waals surface area contributed by atoms with Crippen LogP contribution in [0.4, 0.5) is 0 Å². The Labute approximate surface area is 160 Å². The van der Waals surface area contributed by atoms with Gasteiger partial charge in [-0.1, -0.05) is 91.4 Å². The van der Waals surface area contributed by atoms with E-state index < -0.39 is 5.41 Å². The average molecular weight is 369 g/mol. The van der Waals surface area contributed by atoms with Crippen LogP contribution in [0.25, 0.3) is 6.08 Å². The van der Waals surface area contributed by atoms with E-state index in [9.17, 15) is 0 Å². The number of halogens is 2. The highest BCUT2D eigenvalue weighted by Crippen LogP contribution is 2.45. The predicted molar refractivity (Wildman–Crippen MR) is 110 cm³/mol. The maximum Gasteiger partial charge on any atom is 0.0700 e. The second-order valence-corrected chi connectivity index (χ2v) is 7.29. The van der Waals surface area contributed by atoms with Gasteiger partial charge in [-0.15, -0.1) is 11.6 Å². The number of benzene rings is 2. The second kappa shape index (κ2) is 7.64. The first-order chi connectivity index (χ1) is 12.1. The highest BCUT2D eigenvalue weighted by atomic mass is 35.5. The van der Waals surface area contributed by atoms with E-state index in [-0.39, 0.29) is 5.38 Å². The van der Waals surface area contributed by atoms with Crippen LogP contribution in [0.15, 0.2) is 77.9 Å². The molecule has 0 fully saturated rings. The van der Waals surface area contributed by atoms with Crippen molar-refractivity contribution in [3.8, 4) is 0 Å². The van der Waals surface area contributed by atoms with Gasteiger partial charge < -0.3 is 0 Å². The quantitative estimate of drug-likeness (QED) is 0.520. The molecule has 0 heterocycles. The van der Waals surface area contributed by atoms with Crippen molar-refractivity contribution in [1.82, 2.24) is 0 Å². The molecular formula is C23H22Cl2. The van der Waals surface area contributed by atoms with Crippen molar-refractivity contribution < 1.29 is 0 Å². The van der Waals surface area contributed by atoms with E-state index in [2.05, 4.69) is 56.3 Å². The SMILES string of the molecule is CCc1ccc(C2(C=Cc3ccccc3)C(Cl)=CC=CC2Cl)cc1C. The molecule has 2 aromatic rings. The molecule has 128 valence electrons. The Morgan fingerprint density at radius 1 is 1.12 bits per heavy atom. The van der Waals surface area contributed by atoms with Gasteiger partial charge in [0.25, 0.3) is 0 Å². The molecule has 2 heteroatoms. The Morgan fingerprint density at radius 3 is 2.52 bits per heavy atom. The molecule has 0 radical (unpaired) electrons. The van der Waals surface area contributed by atoms with Gasteiger partial charge in [0.2, 0.25) is 0 Å². The molecule has 1 aliphatic carbocycles. The maximum absolute atomic E-state index is 6.80. The van der Waals surface area contributed by atoms with Gasteiger partial charge in [0.15, 0.2) is 0 Å². The third-order valence-corrected chi connectivity index (χ3v) is 5.82. The van der Waals surface area contributed by atoms with Gasteiger partial charge >= 0.3 is 0 Å². The minimum absolute atomic E-state index is 0.239. The zero-order chi connectivity index (χ0) is 17.9. The lowest BCUT2D eigenvalue weighted by molar-refractivity contribution is 0.670. The number of rotatable bonds is 4. The van der Waals surface area contributed by atoms with Crippen molar-refractivity contribution in [3.63, 3.8) is 0 Å². The standard InChI is InChI=1S/C23H22Cl2/c1-3-19-12-13-20(16-17(19)2)23(21(24)10-7-11-22(23)25)15-14-18-8-5-4-6-9-18/h4-16,21H,3H2,1-2H3. The molecule has 0 aliphatic heterocycles. The molecule has 2 aromatic carbocycles. The molecule has 0 saturated heterocycles. The Hall–Kier alpha value is -1.76. The highest BCUT2D eigenvalue weighted by molar-refractivity contribution is 6.33. The number of hydrogen-bond acceptors (Lipinski definition) is 0. The molecule has 2 atom stereocenters. The summed E-state index contributed by atoms with van der Waals surface area (Å²) in [6.45, 7) is 4.32. The Bertz CT molecular complexity index is 830. The molecule has 0 N–H and O–H groups in total. The van der Waals surface area contributed by atoms with Crippen molar-refractivity contribution in [2.24, 2.45) is 0 Å². The molecule has 25 heavy (non-hydrogen) atoms. The van der Waals surface area contributed by atoms with Crippen LogP contribution in [0.2, 0.25) is 0 Å². The summed E-state index contributed by atoms with van der Waals surface area (Å²) in [5.41, 5.74) is 4.33. The normalized spacial score (nSPS) is 23.0. The second-order valence-electron chi connectivity index (χ2n) is 6.41. The third kappa shape index (κ3) is 3.47. The van der Waals surface area contributed by atoms with E-state index in [4.69, 9.17) is 23.2 Å². The van der Waals surface area contributed by atoms with E-state index in [0.29, 0.717) is 0 Å². The van der Waals surface area contributed by atoms with Crippen molar-refractivity contribution in [1.29, 1.82) is 0 Å². The molecule has 0 nitrogen and oxygen atoms in total. The first kappa shape index (κ1) is 18.0. The Kier molecular flexibility index (Phi) is 5.51.